The molecule has 6 rings (SSSR count). The second-order valence-electron chi connectivity index (χ2n) is 12.3. The van der Waals surface area contributed by atoms with Crippen molar-refractivity contribution in [2.24, 2.45) is 0 Å². The molecule has 0 unspecified atom stereocenters. The van der Waals surface area contributed by atoms with Gasteiger partial charge in [0.05, 0.1) is 39.5 Å². The molecule has 258 valence electrons. The average Bonchev–Trinajstić information content (AvgIpc) is 3.27. The Morgan fingerprint density at radius 3 is 2.35 bits per heavy atom. The van der Waals surface area contributed by atoms with Crippen LogP contribution in [0.25, 0.3) is 10.8 Å². The number of anilines is 2. The highest BCUT2D eigenvalue weighted by atomic mass is 19.4. The van der Waals surface area contributed by atoms with Gasteiger partial charge in [0.25, 0.3) is 17.4 Å². The van der Waals surface area contributed by atoms with E-state index in [4.69, 9.17) is 5.26 Å². The summed E-state index contributed by atoms with van der Waals surface area (Å²) in [6.07, 6.45) is -4.68. The number of rotatable bonds is 7. The molecule has 0 atom stereocenters. The van der Waals surface area contributed by atoms with Crippen molar-refractivity contribution in [2.45, 2.75) is 38.5 Å². The van der Waals surface area contributed by atoms with Gasteiger partial charge in [0.15, 0.2) is 0 Å². The van der Waals surface area contributed by atoms with E-state index in [1.165, 1.54) is 55.1 Å². The second-order valence-corrected chi connectivity index (χ2v) is 12.3. The number of nitriles is 1. The van der Waals surface area contributed by atoms with Crippen LogP contribution < -0.4 is 20.7 Å². The number of nitrogens with one attached hydrogen (secondary N) is 2. The Balaban J connectivity index is 1.20. The molecule has 2 heterocycles. The molecule has 2 N–H and O–H groups in total. The van der Waals surface area contributed by atoms with Crippen LogP contribution in [0.4, 0.5) is 33.3 Å². The molecule has 1 aliphatic rings. The lowest BCUT2D eigenvalue weighted by atomic mass is 10.0. The Hall–Kier alpha value is -6.36. The quantitative estimate of drug-likeness (QED) is 0.182. The molecule has 0 aliphatic carbocycles. The van der Waals surface area contributed by atoms with Crippen LogP contribution in [0.5, 0.6) is 0 Å². The molecule has 0 spiro atoms. The number of H-pyrrole nitrogens is 1. The molecular formula is C37H27F5N6O3. The van der Waals surface area contributed by atoms with Gasteiger partial charge in [-0.2, -0.15) is 23.5 Å². The lowest BCUT2D eigenvalue weighted by Crippen LogP contribution is -2.43. The maximum absolute atomic E-state index is 15.5. The van der Waals surface area contributed by atoms with Crippen molar-refractivity contribution in [1.82, 2.24) is 15.5 Å². The van der Waals surface area contributed by atoms with Crippen LogP contribution in [-0.4, -0.2) is 27.6 Å². The number of fused-ring (bicyclic) bond motifs is 1. The first-order valence-corrected chi connectivity index (χ1v) is 15.4. The topological polar surface area (TPSA) is 122 Å². The minimum absolute atomic E-state index is 0.0280. The van der Waals surface area contributed by atoms with Crippen molar-refractivity contribution < 1.29 is 31.5 Å². The van der Waals surface area contributed by atoms with Gasteiger partial charge in [-0.3, -0.25) is 19.3 Å². The minimum atomic E-state index is -4.86. The SMILES string of the molecule is C=C1N(c2ccc(C#N)c(C(F)(F)F)c2)C(=O)C(C)(C)N1c1ccc(CNC(=O)c2cc(Cc3n[nH]c(=O)c4ccccc34)ccc2F)c(F)c1. The summed E-state index contributed by atoms with van der Waals surface area (Å²) in [6.45, 7) is 6.57. The number of hydrogen-bond donors (Lipinski definition) is 2. The van der Waals surface area contributed by atoms with Gasteiger partial charge in [-0.15, -0.1) is 0 Å². The summed E-state index contributed by atoms with van der Waals surface area (Å²) in [4.78, 5) is 41.1. The molecule has 0 radical (unpaired) electrons. The van der Waals surface area contributed by atoms with Gasteiger partial charge in [-0.05, 0) is 67.9 Å². The van der Waals surface area contributed by atoms with Crippen molar-refractivity contribution in [2.75, 3.05) is 9.80 Å². The number of nitrogens with zero attached hydrogens (tertiary/aromatic N) is 4. The fourth-order valence-corrected chi connectivity index (χ4v) is 6.10. The molecule has 5 aromatic rings. The summed E-state index contributed by atoms with van der Waals surface area (Å²) >= 11 is 0. The summed E-state index contributed by atoms with van der Waals surface area (Å²) in [7, 11) is 0. The number of carbonyl (C=O) groups excluding carboxylic acids is 2. The summed E-state index contributed by atoms with van der Waals surface area (Å²) in [6, 6.07) is 19.1. The zero-order chi connectivity index (χ0) is 36.8. The number of hydrogen-bond acceptors (Lipinski definition) is 6. The van der Waals surface area contributed by atoms with Gasteiger partial charge < -0.3 is 10.2 Å². The van der Waals surface area contributed by atoms with Crippen molar-refractivity contribution in [3.63, 3.8) is 0 Å². The van der Waals surface area contributed by atoms with Gasteiger partial charge in [0, 0.05) is 29.6 Å². The normalized spacial score (nSPS) is 14.2. The number of benzene rings is 4. The molecule has 1 fully saturated rings. The zero-order valence-electron chi connectivity index (χ0n) is 27.0. The lowest BCUT2D eigenvalue weighted by Gasteiger charge is -2.30. The van der Waals surface area contributed by atoms with Gasteiger partial charge in [0.1, 0.15) is 23.0 Å². The fraction of sp³-hybridized carbons (Fsp3) is 0.162. The zero-order valence-corrected chi connectivity index (χ0v) is 27.0. The molecule has 1 aromatic heterocycles. The first kappa shape index (κ1) is 34.5. The molecule has 1 aliphatic heterocycles. The number of alkyl halides is 3. The molecule has 0 saturated carbocycles. The van der Waals surface area contributed by atoms with Crippen LogP contribution in [0.1, 0.15) is 52.2 Å². The van der Waals surface area contributed by atoms with E-state index in [0.29, 0.717) is 28.1 Å². The van der Waals surface area contributed by atoms with Crippen LogP contribution in [0, 0.1) is 23.0 Å². The van der Waals surface area contributed by atoms with Crippen LogP contribution in [0.2, 0.25) is 0 Å². The maximum atomic E-state index is 15.5. The van der Waals surface area contributed by atoms with Crippen molar-refractivity contribution in [3.8, 4) is 6.07 Å². The predicted molar refractivity (Wildman–Crippen MR) is 178 cm³/mol. The molecule has 4 aromatic carbocycles. The fourth-order valence-electron chi connectivity index (χ4n) is 6.10. The van der Waals surface area contributed by atoms with Crippen LogP contribution in [-0.2, 0) is 23.9 Å². The van der Waals surface area contributed by atoms with E-state index >= 15 is 4.39 Å². The molecule has 14 heteroatoms. The predicted octanol–water partition coefficient (Wildman–Crippen LogP) is 6.72. The maximum Gasteiger partial charge on any atom is 0.417 e. The molecule has 1 saturated heterocycles. The monoisotopic (exact) mass is 698 g/mol. The molecular weight excluding hydrogens is 671 g/mol. The highest BCUT2D eigenvalue weighted by Crippen LogP contribution is 2.42. The number of amides is 2. The standard InChI is InChI=1S/C37H27F5N6O3/c1-20-47(24-11-9-22(18-43)29(16-24)37(40,41)42)35(51)36(2,3)48(20)25-12-10-23(31(39)17-25)19-44-33(49)28-14-21(8-13-30(28)38)15-32-26-6-4-5-7-27(26)34(50)46-45-32/h4-14,16-17H,1,15,19H2,2-3H3,(H,44,49)(H,46,50). The summed E-state index contributed by atoms with van der Waals surface area (Å²) in [5, 5.41) is 19.3. The smallest absolute Gasteiger partial charge is 0.348 e. The average molecular weight is 699 g/mol. The van der Waals surface area contributed by atoms with E-state index in [2.05, 4.69) is 22.1 Å². The molecule has 0 bridgehead atoms. The van der Waals surface area contributed by atoms with Crippen molar-refractivity contribution in [3.05, 3.63) is 147 Å². The van der Waals surface area contributed by atoms with Crippen molar-refractivity contribution >= 4 is 34.0 Å². The third-order valence-corrected chi connectivity index (χ3v) is 8.65. The van der Waals surface area contributed by atoms with Crippen LogP contribution in [0.3, 0.4) is 0 Å². The lowest BCUT2D eigenvalue weighted by molar-refractivity contribution is -0.137. The Morgan fingerprint density at radius 1 is 0.961 bits per heavy atom. The summed E-state index contributed by atoms with van der Waals surface area (Å²) in [5.74, 6) is -3.10. The van der Waals surface area contributed by atoms with Crippen LogP contribution in [0.15, 0.2) is 96.1 Å². The number of aromatic amines is 1. The van der Waals surface area contributed by atoms with E-state index in [-0.39, 0.29) is 46.8 Å². The minimum Gasteiger partial charge on any atom is -0.348 e. The molecule has 2 amide bonds. The van der Waals surface area contributed by atoms with Crippen LogP contribution >= 0.6 is 0 Å². The third kappa shape index (κ3) is 6.29. The Bertz CT molecular complexity index is 2360. The largest absolute Gasteiger partial charge is 0.417 e. The van der Waals surface area contributed by atoms with Gasteiger partial charge in [-0.1, -0.05) is 36.9 Å². The Kier molecular flexibility index (Phi) is 8.68. The van der Waals surface area contributed by atoms with E-state index in [9.17, 15) is 31.9 Å². The molecule has 51 heavy (non-hydrogen) atoms. The van der Waals surface area contributed by atoms with Gasteiger partial charge >= 0.3 is 6.18 Å². The highest BCUT2D eigenvalue weighted by Gasteiger charge is 2.49. The Morgan fingerprint density at radius 2 is 1.67 bits per heavy atom. The first-order valence-electron chi connectivity index (χ1n) is 15.4. The van der Waals surface area contributed by atoms with E-state index in [1.807, 2.05) is 0 Å². The van der Waals surface area contributed by atoms with E-state index in [1.54, 1.807) is 24.3 Å². The summed E-state index contributed by atoms with van der Waals surface area (Å²) < 4.78 is 71.3. The third-order valence-electron chi connectivity index (χ3n) is 8.65. The number of halogens is 5. The van der Waals surface area contributed by atoms with E-state index < -0.39 is 46.3 Å². The highest BCUT2D eigenvalue weighted by molar-refractivity contribution is 6.09. The Labute approximate surface area is 287 Å². The van der Waals surface area contributed by atoms with Gasteiger partial charge in [-0.25, -0.2) is 13.9 Å². The van der Waals surface area contributed by atoms with Gasteiger partial charge in [0.2, 0.25) is 0 Å². The van der Waals surface area contributed by atoms with Crippen molar-refractivity contribution in [1.29, 1.82) is 5.26 Å². The number of aromatic nitrogens is 2. The molecule has 9 nitrogen and oxygen atoms in total. The number of carbonyl (C=O) groups is 2. The second kappa shape index (κ2) is 12.8. The van der Waals surface area contributed by atoms with E-state index in [0.717, 1.165) is 23.1 Å². The first-order chi connectivity index (χ1) is 24.1. The summed E-state index contributed by atoms with van der Waals surface area (Å²) in [5.41, 5.74) is -2.83.